The minimum atomic E-state index is 0.360. The molecule has 1 fully saturated rings. The van der Waals surface area contributed by atoms with Gasteiger partial charge in [-0.2, -0.15) is 0 Å². The summed E-state index contributed by atoms with van der Waals surface area (Å²) in [5.41, 5.74) is 6.00. The lowest BCUT2D eigenvalue weighted by molar-refractivity contribution is 0.100. The van der Waals surface area contributed by atoms with Crippen molar-refractivity contribution < 1.29 is 4.74 Å². The third-order valence-corrected chi connectivity index (χ3v) is 2.87. The highest BCUT2D eigenvalue weighted by atomic mass is 16.5. The van der Waals surface area contributed by atoms with E-state index in [-0.39, 0.29) is 0 Å². The molecule has 2 N–H and O–H groups in total. The van der Waals surface area contributed by atoms with Crippen molar-refractivity contribution in [1.29, 1.82) is 0 Å². The molecule has 1 saturated heterocycles. The van der Waals surface area contributed by atoms with E-state index in [4.69, 9.17) is 10.5 Å². The summed E-state index contributed by atoms with van der Waals surface area (Å²) in [6.45, 7) is 4.66. The van der Waals surface area contributed by atoms with Crippen molar-refractivity contribution >= 4 is 0 Å². The molecule has 0 radical (unpaired) electrons. The molecule has 14 heavy (non-hydrogen) atoms. The highest BCUT2D eigenvalue weighted by molar-refractivity contribution is 4.72. The largest absolute Gasteiger partial charge is 0.378 e. The van der Waals surface area contributed by atoms with E-state index in [1.54, 1.807) is 0 Å². The van der Waals surface area contributed by atoms with Crippen LogP contribution in [0.25, 0.3) is 0 Å². The summed E-state index contributed by atoms with van der Waals surface area (Å²) in [6, 6.07) is 0.360. The first-order valence-electron chi connectivity index (χ1n) is 5.81. The predicted molar refractivity (Wildman–Crippen MR) is 60.2 cm³/mol. The summed E-state index contributed by atoms with van der Waals surface area (Å²) in [6.07, 6.45) is 10.6. The Kier molecular flexibility index (Phi) is 5.88. The Bertz CT molecular complexity index is 152. The SMILES string of the molecule is C=CCCCC(N)CCC1CCCO1. The standard InChI is InChI=1S/C12H23NO/c1-2-3-4-6-11(13)8-9-12-7-5-10-14-12/h2,11-12H,1,3-10,13H2. The summed E-state index contributed by atoms with van der Waals surface area (Å²) >= 11 is 0. The molecule has 0 aromatic carbocycles. The van der Waals surface area contributed by atoms with Crippen LogP contribution in [0.5, 0.6) is 0 Å². The van der Waals surface area contributed by atoms with Gasteiger partial charge in [0.25, 0.3) is 0 Å². The second kappa shape index (κ2) is 7.02. The molecule has 0 saturated carbocycles. The molecular weight excluding hydrogens is 174 g/mol. The number of rotatable bonds is 7. The van der Waals surface area contributed by atoms with Gasteiger partial charge in [0, 0.05) is 12.6 Å². The van der Waals surface area contributed by atoms with Crippen molar-refractivity contribution in [3.05, 3.63) is 12.7 Å². The minimum Gasteiger partial charge on any atom is -0.378 e. The van der Waals surface area contributed by atoms with E-state index < -0.39 is 0 Å². The first kappa shape index (κ1) is 11.7. The molecule has 0 aromatic rings. The molecule has 82 valence electrons. The fourth-order valence-electron chi connectivity index (χ4n) is 1.94. The zero-order valence-corrected chi connectivity index (χ0v) is 9.08. The first-order valence-corrected chi connectivity index (χ1v) is 5.81. The second-order valence-electron chi connectivity index (χ2n) is 4.19. The number of hydrogen-bond donors (Lipinski definition) is 1. The molecule has 1 aliphatic heterocycles. The maximum absolute atomic E-state index is 6.00. The zero-order valence-electron chi connectivity index (χ0n) is 9.08. The van der Waals surface area contributed by atoms with Gasteiger partial charge in [0.1, 0.15) is 0 Å². The van der Waals surface area contributed by atoms with Crippen molar-refractivity contribution in [2.24, 2.45) is 5.73 Å². The van der Waals surface area contributed by atoms with Crippen LogP contribution in [-0.2, 0) is 4.74 Å². The molecule has 0 bridgehead atoms. The molecule has 1 aliphatic rings. The monoisotopic (exact) mass is 197 g/mol. The molecule has 2 atom stereocenters. The molecule has 2 heteroatoms. The molecular formula is C12H23NO. The maximum atomic E-state index is 6.00. The Morgan fingerprint density at radius 2 is 2.36 bits per heavy atom. The summed E-state index contributed by atoms with van der Waals surface area (Å²) in [5, 5.41) is 0. The molecule has 0 aliphatic carbocycles. The second-order valence-corrected chi connectivity index (χ2v) is 4.19. The number of ether oxygens (including phenoxy) is 1. The van der Waals surface area contributed by atoms with E-state index in [1.165, 1.54) is 19.3 Å². The highest BCUT2D eigenvalue weighted by Crippen LogP contribution is 2.18. The van der Waals surface area contributed by atoms with E-state index in [2.05, 4.69) is 6.58 Å². The smallest absolute Gasteiger partial charge is 0.0576 e. The van der Waals surface area contributed by atoms with Crippen LogP contribution < -0.4 is 5.73 Å². The maximum Gasteiger partial charge on any atom is 0.0576 e. The summed E-state index contributed by atoms with van der Waals surface area (Å²) in [5.74, 6) is 0. The topological polar surface area (TPSA) is 35.2 Å². The van der Waals surface area contributed by atoms with Crippen LogP contribution in [0.1, 0.15) is 44.9 Å². The van der Waals surface area contributed by atoms with Gasteiger partial charge in [0.2, 0.25) is 0 Å². The van der Waals surface area contributed by atoms with Gasteiger partial charge in [-0.15, -0.1) is 6.58 Å². The first-order chi connectivity index (χ1) is 6.83. The minimum absolute atomic E-state index is 0.360. The van der Waals surface area contributed by atoms with Crippen molar-refractivity contribution in [2.45, 2.75) is 57.1 Å². The summed E-state index contributed by atoms with van der Waals surface area (Å²) < 4.78 is 5.56. The Balaban J connectivity index is 1.96. The molecule has 0 aromatic heterocycles. The van der Waals surface area contributed by atoms with Gasteiger partial charge in [0.15, 0.2) is 0 Å². The predicted octanol–water partition coefficient (Wildman–Crippen LogP) is 2.63. The Morgan fingerprint density at radius 3 is 3.00 bits per heavy atom. The van der Waals surface area contributed by atoms with Crippen LogP contribution in [-0.4, -0.2) is 18.8 Å². The van der Waals surface area contributed by atoms with Gasteiger partial charge in [-0.3, -0.25) is 0 Å². The van der Waals surface area contributed by atoms with Gasteiger partial charge >= 0.3 is 0 Å². The van der Waals surface area contributed by atoms with Gasteiger partial charge < -0.3 is 10.5 Å². The van der Waals surface area contributed by atoms with E-state index >= 15 is 0 Å². The fourth-order valence-corrected chi connectivity index (χ4v) is 1.94. The van der Waals surface area contributed by atoms with Crippen LogP contribution in [0.4, 0.5) is 0 Å². The van der Waals surface area contributed by atoms with Crippen LogP contribution in [0.3, 0.4) is 0 Å². The van der Waals surface area contributed by atoms with Gasteiger partial charge in [-0.1, -0.05) is 6.08 Å². The third-order valence-electron chi connectivity index (χ3n) is 2.87. The lowest BCUT2D eigenvalue weighted by atomic mass is 10.0. The zero-order chi connectivity index (χ0) is 10.2. The summed E-state index contributed by atoms with van der Waals surface area (Å²) in [4.78, 5) is 0. The van der Waals surface area contributed by atoms with Crippen molar-refractivity contribution in [3.63, 3.8) is 0 Å². The molecule has 2 unspecified atom stereocenters. The lowest BCUT2D eigenvalue weighted by Gasteiger charge is -2.14. The van der Waals surface area contributed by atoms with E-state index in [0.29, 0.717) is 12.1 Å². The number of nitrogens with two attached hydrogens (primary N) is 1. The third kappa shape index (κ3) is 4.77. The lowest BCUT2D eigenvalue weighted by Crippen LogP contribution is -2.21. The van der Waals surface area contributed by atoms with E-state index in [9.17, 15) is 0 Å². The number of hydrogen-bond acceptors (Lipinski definition) is 2. The van der Waals surface area contributed by atoms with Crippen LogP contribution in [0.2, 0.25) is 0 Å². The van der Waals surface area contributed by atoms with E-state index in [1.807, 2.05) is 6.08 Å². The molecule has 2 nitrogen and oxygen atoms in total. The number of allylic oxidation sites excluding steroid dienone is 1. The van der Waals surface area contributed by atoms with Crippen LogP contribution >= 0.6 is 0 Å². The Labute approximate surface area is 87.5 Å². The average Bonchev–Trinajstić information content (AvgIpc) is 2.68. The van der Waals surface area contributed by atoms with Crippen LogP contribution in [0, 0.1) is 0 Å². The summed E-state index contributed by atoms with van der Waals surface area (Å²) in [7, 11) is 0. The Morgan fingerprint density at radius 1 is 1.50 bits per heavy atom. The van der Waals surface area contributed by atoms with Gasteiger partial charge in [-0.05, 0) is 44.9 Å². The normalized spacial score (nSPS) is 23.6. The van der Waals surface area contributed by atoms with Gasteiger partial charge in [0.05, 0.1) is 6.10 Å². The highest BCUT2D eigenvalue weighted by Gasteiger charge is 2.16. The fraction of sp³-hybridized carbons (Fsp3) is 0.833. The Hall–Kier alpha value is -0.340. The molecule has 0 spiro atoms. The molecule has 1 heterocycles. The van der Waals surface area contributed by atoms with Crippen molar-refractivity contribution in [1.82, 2.24) is 0 Å². The van der Waals surface area contributed by atoms with Crippen LogP contribution in [0.15, 0.2) is 12.7 Å². The molecule has 0 amide bonds. The van der Waals surface area contributed by atoms with E-state index in [0.717, 1.165) is 32.3 Å². The van der Waals surface area contributed by atoms with Crippen molar-refractivity contribution in [2.75, 3.05) is 6.61 Å². The van der Waals surface area contributed by atoms with Crippen molar-refractivity contribution in [3.8, 4) is 0 Å². The molecule has 1 rings (SSSR count). The quantitative estimate of drug-likeness (QED) is 0.503. The number of unbranched alkanes of at least 4 members (excludes halogenated alkanes) is 1. The average molecular weight is 197 g/mol. The van der Waals surface area contributed by atoms with Gasteiger partial charge in [-0.25, -0.2) is 0 Å².